The fourth-order valence-corrected chi connectivity index (χ4v) is 2.46. The van der Waals surface area contributed by atoms with Crippen molar-refractivity contribution >= 4 is 40.9 Å². The van der Waals surface area contributed by atoms with E-state index < -0.39 is 11.7 Å². The number of rotatable bonds is 5. The van der Waals surface area contributed by atoms with Crippen molar-refractivity contribution in [2.24, 2.45) is 0 Å². The van der Waals surface area contributed by atoms with Crippen LogP contribution in [-0.4, -0.2) is 24.8 Å². The van der Waals surface area contributed by atoms with Crippen molar-refractivity contribution in [1.29, 1.82) is 0 Å². The number of carbonyl (C=O) groups is 1. The van der Waals surface area contributed by atoms with Crippen molar-refractivity contribution in [1.82, 2.24) is 10.6 Å². The van der Waals surface area contributed by atoms with E-state index in [0.717, 1.165) is 5.56 Å². The van der Waals surface area contributed by atoms with E-state index in [-0.39, 0.29) is 6.04 Å². The maximum atomic E-state index is 11.5. The zero-order valence-electron chi connectivity index (χ0n) is 13.1. The molecule has 1 atom stereocenters. The van der Waals surface area contributed by atoms with E-state index in [9.17, 15) is 4.79 Å². The molecule has 1 aromatic rings. The van der Waals surface area contributed by atoms with E-state index in [0.29, 0.717) is 28.2 Å². The molecule has 0 spiro atoms. The molecular weight excluding hydrogens is 347 g/mol. The number of halogens is 3. The molecule has 0 heterocycles. The third-order valence-corrected chi connectivity index (χ3v) is 4.08. The van der Waals surface area contributed by atoms with Gasteiger partial charge in [-0.1, -0.05) is 40.9 Å². The highest BCUT2D eigenvalue weighted by Gasteiger charge is 2.16. The number of alkyl carbamates (subject to hydrolysis) is 1. The van der Waals surface area contributed by atoms with Crippen molar-refractivity contribution in [2.75, 3.05) is 13.1 Å². The van der Waals surface area contributed by atoms with Gasteiger partial charge in [0.15, 0.2) is 0 Å². The summed E-state index contributed by atoms with van der Waals surface area (Å²) in [5.41, 5.74) is 0.353. The van der Waals surface area contributed by atoms with Crippen LogP contribution in [0.15, 0.2) is 12.1 Å². The lowest BCUT2D eigenvalue weighted by molar-refractivity contribution is 0.0528. The first-order valence-electron chi connectivity index (χ1n) is 6.95. The van der Waals surface area contributed by atoms with Crippen LogP contribution in [0.25, 0.3) is 0 Å². The summed E-state index contributed by atoms with van der Waals surface area (Å²) in [5, 5.41) is 7.14. The summed E-state index contributed by atoms with van der Waals surface area (Å²) in [6, 6.07) is 3.51. The lowest BCUT2D eigenvalue weighted by Gasteiger charge is -2.20. The van der Waals surface area contributed by atoms with E-state index in [4.69, 9.17) is 39.5 Å². The number of ether oxygens (including phenoxy) is 1. The predicted octanol–water partition coefficient (Wildman–Crippen LogP) is 4.82. The summed E-state index contributed by atoms with van der Waals surface area (Å²) in [7, 11) is 0. The molecule has 0 fully saturated rings. The van der Waals surface area contributed by atoms with Crippen molar-refractivity contribution in [3.05, 3.63) is 32.8 Å². The van der Waals surface area contributed by atoms with E-state index in [1.807, 2.05) is 33.8 Å². The summed E-state index contributed by atoms with van der Waals surface area (Å²) in [6.07, 6.45) is -0.436. The van der Waals surface area contributed by atoms with Gasteiger partial charge in [0.1, 0.15) is 5.60 Å². The smallest absolute Gasteiger partial charge is 0.407 e. The van der Waals surface area contributed by atoms with Gasteiger partial charge in [-0.3, -0.25) is 0 Å². The molecule has 0 bridgehead atoms. The summed E-state index contributed by atoms with van der Waals surface area (Å²) >= 11 is 18.1. The molecule has 0 saturated carbocycles. The second-order valence-corrected chi connectivity index (χ2v) is 7.03. The Morgan fingerprint density at radius 1 is 1.18 bits per heavy atom. The molecule has 124 valence electrons. The normalized spacial score (nSPS) is 12.9. The molecule has 1 amide bonds. The van der Waals surface area contributed by atoms with Crippen molar-refractivity contribution < 1.29 is 9.53 Å². The third kappa shape index (κ3) is 6.21. The Bertz CT molecular complexity index is 530. The molecule has 22 heavy (non-hydrogen) atoms. The molecule has 7 heteroatoms. The average Bonchev–Trinajstić information content (AvgIpc) is 2.39. The Labute approximate surface area is 146 Å². The second-order valence-electron chi connectivity index (χ2n) is 5.87. The third-order valence-electron chi connectivity index (χ3n) is 2.78. The number of hydrogen-bond acceptors (Lipinski definition) is 3. The van der Waals surface area contributed by atoms with Gasteiger partial charge in [0, 0.05) is 19.1 Å². The summed E-state index contributed by atoms with van der Waals surface area (Å²) in [4.78, 5) is 11.5. The molecule has 2 N–H and O–H groups in total. The first-order valence-corrected chi connectivity index (χ1v) is 8.09. The topological polar surface area (TPSA) is 50.4 Å². The van der Waals surface area contributed by atoms with Crippen LogP contribution in [0.1, 0.15) is 39.3 Å². The Kier molecular flexibility index (Phi) is 7.26. The number of benzene rings is 1. The fraction of sp³-hybridized carbons (Fsp3) is 0.533. The minimum absolute atomic E-state index is 0.0253. The van der Waals surface area contributed by atoms with Gasteiger partial charge in [0.25, 0.3) is 0 Å². The molecule has 1 rings (SSSR count). The zero-order chi connectivity index (χ0) is 16.9. The van der Waals surface area contributed by atoms with Crippen LogP contribution in [0.4, 0.5) is 4.79 Å². The Hall–Kier alpha value is -0.680. The second kappa shape index (κ2) is 8.25. The van der Waals surface area contributed by atoms with Crippen molar-refractivity contribution in [3.8, 4) is 0 Å². The van der Waals surface area contributed by atoms with Crippen LogP contribution >= 0.6 is 34.8 Å². The van der Waals surface area contributed by atoms with Gasteiger partial charge in [0.05, 0.1) is 15.1 Å². The van der Waals surface area contributed by atoms with Gasteiger partial charge in [-0.05, 0) is 39.3 Å². The first kappa shape index (κ1) is 19.4. The highest BCUT2D eigenvalue weighted by atomic mass is 35.5. The Balaban J connectivity index is 2.43. The number of amides is 1. The van der Waals surface area contributed by atoms with Gasteiger partial charge >= 0.3 is 6.09 Å². The van der Waals surface area contributed by atoms with Gasteiger partial charge in [-0.25, -0.2) is 4.79 Å². The van der Waals surface area contributed by atoms with Gasteiger partial charge < -0.3 is 15.4 Å². The number of carbonyl (C=O) groups excluding carboxylic acids is 1. The van der Waals surface area contributed by atoms with Crippen LogP contribution in [0.5, 0.6) is 0 Å². The number of hydrogen-bond donors (Lipinski definition) is 2. The van der Waals surface area contributed by atoms with Gasteiger partial charge in [0.2, 0.25) is 0 Å². The van der Waals surface area contributed by atoms with E-state index in [2.05, 4.69) is 10.6 Å². The minimum atomic E-state index is -0.502. The summed E-state index contributed by atoms with van der Waals surface area (Å²) in [6.45, 7) is 8.42. The monoisotopic (exact) mass is 366 g/mol. The lowest BCUT2D eigenvalue weighted by atomic mass is 10.1. The Morgan fingerprint density at radius 3 is 2.41 bits per heavy atom. The molecule has 4 nitrogen and oxygen atoms in total. The zero-order valence-corrected chi connectivity index (χ0v) is 15.4. The molecule has 0 saturated heterocycles. The predicted molar refractivity (Wildman–Crippen MR) is 92.1 cm³/mol. The van der Waals surface area contributed by atoms with E-state index in [1.165, 1.54) is 0 Å². The fourth-order valence-electron chi connectivity index (χ4n) is 1.75. The van der Waals surface area contributed by atoms with Gasteiger partial charge in [-0.2, -0.15) is 0 Å². The van der Waals surface area contributed by atoms with Crippen LogP contribution in [0, 0.1) is 0 Å². The van der Waals surface area contributed by atoms with Crippen molar-refractivity contribution in [3.63, 3.8) is 0 Å². The SMILES string of the molecule is CC(NCCNC(=O)OC(C)(C)C)c1ccc(Cl)c(Cl)c1Cl. The van der Waals surface area contributed by atoms with Crippen LogP contribution in [0.2, 0.25) is 15.1 Å². The molecule has 0 aliphatic carbocycles. The van der Waals surface area contributed by atoms with Crippen LogP contribution in [-0.2, 0) is 4.74 Å². The quantitative estimate of drug-likeness (QED) is 0.579. The lowest BCUT2D eigenvalue weighted by Crippen LogP contribution is -2.36. The highest BCUT2D eigenvalue weighted by Crippen LogP contribution is 2.35. The maximum absolute atomic E-state index is 11.5. The molecule has 0 aliphatic heterocycles. The van der Waals surface area contributed by atoms with E-state index in [1.54, 1.807) is 6.07 Å². The molecular formula is C15H21Cl3N2O2. The highest BCUT2D eigenvalue weighted by molar-refractivity contribution is 6.48. The number of nitrogens with one attached hydrogen (secondary N) is 2. The molecule has 1 aromatic carbocycles. The minimum Gasteiger partial charge on any atom is -0.444 e. The van der Waals surface area contributed by atoms with Gasteiger partial charge in [-0.15, -0.1) is 0 Å². The molecule has 0 radical (unpaired) electrons. The molecule has 1 unspecified atom stereocenters. The van der Waals surface area contributed by atoms with Crippen LogP contribution in [0.3, 0.4) is 0 Å². The first-order chi connectivity index (χ1) is 10.1. The van der Waals surface area contributed by atoms with E-state index >= 15 is 0 Å². The van der Waals surface area contributed by atoms with Crippen LogP contribution < -0.4 is 10.6 Å². The summed E-state index contributed by atoms with van der Waals surface area (Å²) < 4.78 is 5.15. The average molecular weight is 368 g/mol. The molecule has 0 aliphatic rings. The Morgan fingerprint density at radius 2 is 1.82 bits per heavy atom. The summed E-state index contributed by atoms with van der Waals surface area (Å²) in [5.74, 6) is 0. The standard InChI is InChI=1S/C15H21Cl3N2O2/c1-9(10-5-6-11(16)13(18)12(10)17)19-7-8-20-14(21)22-15(2,3)4/h5-6,9,19H,7-8H2,1-4H3,(H,20,21). The maximum Gasteiger partial charge on any atom is 0.407 e. The largest absolute Gasteiger partial charge is 0.444 e. The van der Waals surface area contributed by atoms with Crippen molar-refractivity contribution in [2.45, 2.75) is 39.3 Å². The molecule has 0 aromatic heterocycles.